The van der Waals surface area contributed by atoms with Crippen LogP contribution in [0.1, 0.15) is 35.7 Å². The quantitative estimate of drug-likeness (QED) is 0.502. The number of hydrogen-bond donors (Lipinski definition) is 2. The number of hydrogen-bond acceptors (Lipinski definition) is 5. The first-order valence-electron chi connectivity index (χ1n) is 9.90. The summed E-state index contributed by atoms with van der Waals surface area (Å²) in [5.41, 5.74) is 1.36. The molecule has 0 aromatic heterocycles. The minimum atomic E-state index is -3.42. The number of sulfone groups is 1. The highest BCUT2D eigenvalue weighted by atomic mass is 32.2. The minimum Gasteiger partial charge on any atom is -0.382 e. The van der Waals surface area contributed by atoms with Crippen molar-refractivity contribution in [2.75, 3.05) is 30.8 Å². The van der Waals surface area contributed by atoms with Crippen molar-refractivity contribution in [2.24, 2.45) is 0 Å². The van der Waals surface area contributed by atoms with Crippen LogP contribution in [0, 0.1) is 0 Å². The zero-order valence-electron chi connectivity index (χ0n) is 17.1. The second kappa shape index (κ2) is 12.1. The van der Waals surface area contributed by atoms with Gasteiger partial charge in [0.25, 0.3) is 5.91 Å². The minimum absolute atomic E-state index is 0.109. The average Bonchev–Trinajstić information content (AvgIpc) is 2.73. The third-order valence-electron chi connectivity index (χ3n) is 4.27. The van der Waals surface area contributed by atoms with Crippen LogP contribution in [0.5, 0.6) is 0 Å². The molecule has 0 saturated carbocycles. The molecular formula is C22H28N2O5S. The third-order valence-corrected chi connectivity index (χ3v) is 5.87. The molecule has 0 heterocycles. The summed E-state index contributed by atoms with van der Waals surface area (Å²) in [6.45, 7) is 3.56. The molecule has 0 aliphatic heterocycles. The lowest BCUT2D eigenvalue weighted by Gasteiger charge is -2.12. The predicted octanol–water partition coefficient (Wildman–Crippen LogP) is 2.79. The van der Waals surface area contributed by atoms with Crippen LogP contribution in [-0.2, 0) is 25.1 Å². The Morgan fingerprint density at radius 3 is 2.43 bits per heavy atom. The second-order valence-corrected chi connectivity index (χ2v) is 8.91. The summed E-state index contributed by atoms with van der Waals surface area (Å²) < 4.78 is 29.8. The lowest BCUT2D eigenvalue weighted by Crippen LogP contribution is -2.27. The van der Waals surface area contributed by atoms with Crippen molar-refractivity contribution in [1.82, 2.24) is 5.32 Å². The largest absolute Gasteiger partial charge is 0.382 e. The van der Waals surface area contributed by atoms with E-state index in [0.717, 1.165) is 0 Å². The number of carbonyl (C=O) groups is 2. The molecule has 0 fully saturated rings. The molecule has 0 saturated heterocycles. The van der Waals surface area contributed by atoms with E-state index in [1.807, 2.05) is 13.0 Å². The van der Waals surface area contributed by atoms with Crippen LogP contribution in [0.15, 0.2) is 54.6 Å². The van der Waals surface area contributed by atoms with Crippen molar-refractivity contribution in [1.29, 1.82) is 0 Å². The molecule has 2 aromatic rings. The van der Waals surface area contributed by atoms with E-state index >= 15 is 0 Å². The van der Waals surface area contributed by atoms with Gasteiger partial charge < -0.3 is 15.4 Å². The van der Waals surface area contributed by atoms with Crippen LogP contribution in [0.25, 0.3) is 0 Å². The molecule has 30 heavy (non-hydrogen) atoms. The van der Waals surface area contributed by atoms with Gasteiger partial charge in [-0.15, -0.1) is 0 Å². The molecule has 2 aromatic carbocycles. The molecular weight excluding hydrogens is 404 g/mol. The van der Waals surface area contributed by atoms with Gasteiger partial charge in [-0.3, -0.25) is 9.59 Å². The summed E-state index contributed by atoms with van der Waals surface area (Å²) in [6, 6.07) is 15.5. The molecule has 0 radical (unpaired) electrons. The van der Waals surface area contributed by atoms with Crippen LogP contribution in [0.4, 0.5) is 5.69 Å². The summed E-state index contributed by atoms with van der Waals surface area (Å²) in [5, 5.41) is 5.44. The third kappa shape index (κ3) is 8.34. The van der Waals surface area contributed by atoms with Gasteiger partial charge in [0, 0.05) is 26.2 Å². The monoisotopic (exact) mass is 432 g/mol. The van der Waals surface area contributed by atoms with Crippen molar-refractivity contribution in [3.05, 3.63) is 65.7 Å². The van der Waals surface area contributed by atoms with Gasteiger partial charge in [0.1, 0.15) is 0 Å². The maximum absolute atomic E-state index is 12.4. The predicted molar refractivity (Wildman–Crippen MR) is 117 cm³/mol. The molecule has 0 spiro atoms. The number of carbonyl (C=O) groups excluding carboxylic acids is 2. The Morgan fingerprint density at radius 2 is 1.70 bits per heavy atom. The van der Waals surface area contributed by atoms with Gasteiger partial charge in [-0.2, -0.15) is 0 Å². The topological polar surface area (TPSA) is 102 Å². The summed E-state index contributed by atoms with van der Waals surface area (Å²) in [6.07, 6.45) is 0.507. The smallest absolute Gasteiger partial charge is 0.253 e. The van der Waals surface area contributed by atoms with Gasteiger partial charge in [0.2, 0.25) is 5.91 Å². The number of ether oxygens (including phenoxy) is 1. The van der Waals surface area contributed by atoms with Gasteiger partial charge in [0.15, 0.2) is 9.84 Å². The first-order valence-corrected chi connectivity index (χ1v) is 11.7. The van der Waals surface area contributed by atoms with Gasteiger partial charge in [-0.25, -0.2) is 8.42 Å². The van der Waals surface area contributed by atoms with Crippen LogP contribution >= 0.6 is 0 Å². The van der Waals surface area contributed by atoms with Crippen LogP contribution in [-0.4, -0.2) is 45.7 Å². The van der Waals surface area contributed by atoms with Crippen molar-refractivity contribution < 1.29 is 22.7 Å². The highest BCUT2D eigenvalue weighted by molar-refractivity contribution is 7.90. The number of amides is 2. The number of benzene rings is 2. The number of nitrogens with one attached hydrogen (secondary N) is 2. The highest BCUT2D eigenvalue weighted by Crippen LogP contribution is 2.16. The molecule has 0 atom stereocenters. The van der Waals surface area contributed by atoms with Crippen molar-refractivity contribution in [2.45, 2.75) is 25.5 Å². The SMILES string of the molecule is CCOCCCNC(=O)c1ccccc1NC(=O)CCS(=O)(=O)Cc1ccccc1. The van der Waals surface area contributed by atoms with E-state index in [-0.39, 0.29) is 23.8 Å². The molecule has 2 amide bonds. The zero-order valence-corrected chi connectivity index (χ0v) is 17.9. The first kappa shape index (κ1) is 23.6. The van der Waals surface area contributed by atoms with E-state index in [9.17, 15) is 18.0 Å². The summed E-state index contributed by atoms with van der Waals surface area (Å²) in [4.78, 5) is 24.7. The van der Waals surface area contributed by atoms with E-state index in [1.54, 1.807) is 48.5 Å². The fraction of sp³-hybridized carbons (Fsp3) is 0.364. The van der Waals surface area contributed by atoms with Gasteiger partial charge >= 0.3 is 0 Å². The molecule has 162 valence electrons. The number of para-hydroxylation sites is 1. The Morgan fingerprint density at radius 1 is 1.00 bits per heavy atom. The van der Waals surface area contributed by atoms with E-state index in [4.69, 9.17) is 4.74 Å². The Labute approximate surface area is 177 Å². The van der Waals surface area contributed by atoms with Crippen LogP contribution in [0.3, 0.4) is 0 Å². The molecule has 7 nitrogen and oxygen atoms in total. The number of anilines is 1. The molecule has 2 N–H and O–H groups in total. The first-order chi connectivity index (χ1) is 14.4. The molecule has 0 aliphatic rings. The van der Waals surface area contributed by atoms with E-state index in [0.29, 0.717) is 43.0 Å². The molecule has 8 heteroatoms. The van der Waals surface area contributed by atoms with Gasteiger partial charge in [-0.1, -0.05) is 42.5 Å². The Bertz CT molecular complexity index is 930. The summed E-state index contributed by atoms with van der Waals surface area (Å²) >= 11 is 0. The maximum atomic E-state index is 12.4. The fourth-order valence-corrected chi connectivity index (χ4v) is 4.11. The Kier molecular flexibility index (Phi) is 9.50. The molecule has 0 bridgehead atoms. The van der Waals surface area contributed by atoms with Gasteiger partial charge in [0.05, 0.1) is 22.8 Å². The molecule has 0 unspecified atom stereocenters. The molecule has 0 aliphatic carbocycles. The molecule has 2 rings (SSSR count). The fourth-order valence-electron chi connectivity index (χ4n) is 2.77. The lowest BCUT2D eigenvalue weighted by molar-refractivity contribution is -0.115. The standard InChI is InChI=1S/C22H28N2O5S/c1-2-29-15-8-14-23-22(26)19-11-6-7-12-20(19)24-21(25)13-16-30(27,28)17-18-9-4-3-5-10-18/h3-7,9-12H,2,8,13-17H2,1H3,(H,23,26)(H,24,25). The van der Waals surface area contributed by atoms with Crippen LogP contribution < -0.4 is 10.6 Å². The number of rotatable bonds is 12. The average molecular weight is 433 g/mol. The van der Waals surface area contributed by atoms with Crippen molar-refractivity contribution in [3.8, 4) is 0 Å². The normalized spacial score (nSPS) is 11.1. The Balaban J connectivity index is 1.88. The Hall–Kier alpha value is -2.71. The zero-order chi connectivity index (χ0) is 21.8. The van der Waals surface area contributed by atoms with Crippen molar-refractivity contribution in [3.63, 3.8) is 0 Å². The van der Waals surface area contributed by atoms with Crippen LogP contribution in [0.2, 0.25) is 0 Å². The maximum Gasteiger partial charge on any atom is 0.253 e. The second-order valence-electron chi connectivity index (χ2n) is 6.73. The van der Waals surface area contributed by atoms with Gasteiger partial charge in [-0.05, 0) is 31.0 Å². The van der Waals surface area contributed by atoms with E-state index < -0.39 is 15.7 Å². The van der Waals surface area contributed by atoms with E-state index in [1.165, 1.54) is 0 Å². The lowest BCUT2D eigenvalue weighted by atomic mass is 10.1. The van der Waals surface area contributed by atoms with Crippen molar-refractivity contribution >= 4 is 27.3 Å². The summed E-state index contributed by atoms with van der Waals surface area (Å²) in [5.74, 6) is -1.14. The highest BCUT2D eigenvalue weighted by Gasteiger charge is 2.17. The summed E-state index contributed by atoms with van der Waals surface area (Å²) in [7, 11) is -3.42. The van der Waals surface area contributed by atoms with E-state index in [2.05, 4.69) is 10.6 Å².